The summed E-state index contributed by atoms with van der Waals surface area (Å²) in [6.45, 7) is 4.18. The van der Waals surface area contributed by atoms with Gasteiger partial charge in [0, 0.05) is 19.6 Å². The highest BCUT2D eigenvalue weighted by Gasteiger charge is 2.60. The van der Waals surface area contributed by atoms with E-state index in [1.807, 2.05) is 25.1 Å². The van der Waals surface area contributed by atoms with Crippen LogP contribution in [0.15, 0.2) is 30.3 Å². The minimum atomic E-state index is -0.751. The van der Waals surface area contributed by atoms with Gasteiger partial charge in [-0.3, -0.25) is 19.4 Å². The molecule has 6 heteroatoms. The number of esters is 2. The summed E-state index contributed by atoms with van der Waals surface area (Å²) in [6.07, 6.45) is 0.261. The Balaban J connectivity index is 1.90. The second-order valence-corrected chi connectivity index (χ2v) is 6.72. The van der Waals surface area contributed by atoms with E-state index in [0.717, 1.165) is 19.6 Å². The first-order chi connectivity index (χ1) is 11.5. The Kier molecular flexibility index (Phi) is 4.60. The van der Waals surface area contributed by atoms with E-state index in [-0.39, 0.29) is 18.1 Å². The van der Waals surface area contributed by atoms with Crippen molar-refractivity contribution in [1.29, 1.82) is 0 Å². The van der Waals surface area contributed by atoms with Crippen LogP contribution in [0.1, 0.15) is 18.9 Å². The Morgan fingerprint density at radius 2 is 1.88 bits per heavy atom. The lowest BCUT2D eigenvalue weighted by Gasteiger charge is -2.35. The summed E-state index contributed by atoms with van der Waals surface area (Å²) in [5, 5.41) is 0. The third kappa shape index (κ3) is 2.70. The zero-order chi connectivity index (χ0) is 17.3. The lowest BCUT2D eigenvalue weighted by molar-refractivity contribution is -0.155. The first kappa shape index (κ1) is 16.9. The summed E-state index contributed by atoms with van der Waals surface area (Å²) in [6, 6.07) is 9.75. The molecular weight excluding hydrogens is 308 g/mol. The average Bonchev–Trinajstić information content (AvgIpc) is 3.15. The molecular formula is C18H24N2O4. The summed E-state index contributed by atoms with van der Waals surface area (Å²) in [7, 11) is 2.79. The third-order valence-electron chi connectivity index (χ3n) is 5.25. The topological polar surface area (TPSA) is 59.1 Å². The van der Waals surface area contributed by atoms with Gasteiger partial charge in [-0.05, 0) is 18.9 Å². The van der Waals surface area contributed by atoms with Crippen molar-refractivity contribution in [3.05, 3.63) is 35.9 Å². The minimum absolute atomic E-state index is 0.158. The summed E-state index contributed by atoms with van der Waals surface area (Å²) in [4.78, 5) is 29.0. The Bertz CT molecular complexity index is 621. The molecule has 130 valence electrons. The number of carbonyl (C=O) groups excluding carboxylic acids is 2. The summed E-state index contributed by atoms with van der Waals surface area (Å²) < 4.78 is 10.0. The zero-order valence-corrected chi connectivity index (χ0v) is 14.4. The van der Waals surface area contributed by atoms with Crippen molar-refractivity contribution in [2.45, 2.75) is 32.1 Å². The highest BCUT2D eigenvalue weighted by atomic mass is 16.5. The van der Waals surface area contributed by atoms with Crippen LogP contribution in [0, 0.1) is 5.41 Å². The van der Waals surface area contributed by atoms with E-state index in [9.17, 15) is 9.59 Å². The Morgan fingerprint density at radius 1 is 1.17 bits per heavy atom. The SMILES string of the molecule is COC(=O)[C@@H]1C[C@@](C)(C(=O)OC)[C@H]2N(Cc3ccccc3)CCN12. The lowest BCUT2D eigenvalue weighted by atomic mass is 9.84. The van der Waals surface area contributed by atoms with Gasteiger partial charge in [0.15, 0.2) is 0 Å². The van der Waals surface area contributed by atoms with Crippen LogP contribution in [0.2, 0.25) is 0 Å². The lowest BCUT2D eigenvalue weighted by Crippen LogP contribution is -2.49. The van der Waals surface area contributed by atoms with Crippen molar-refractivity contribution < 1.29 is 19.1 Å². The van der Waals surface area contributed by atoms with Crippen molar-refractivity contribution >= 4 is 11.9 Å². The van der Waals surface area contributed by atoms with E-state index in [1.54, 1.807) is 0 Å². The molecule has 0 unspecified atom stereocenters. The number of ether oxygens (including phenoxy) is 2. The van der Waals surface area contributed by atoms with E-state index in [4.69, 9.17) is 9.47 Å². The van der Waals surface area contributed by atoms with Gasteiger partial charge in [-0.25, -0.2) is 0 Å². The fraction of sp³-hybridized carbons (Fsp3) is 0.556. The monoisotopic (exact) mass is 332 g/mol. The molecule has 1 aromatic rings. The van der Waals surface area contributed by atoms with Crippen molar-refractivity contribution in [2.24, 2.45) is 5.41 Å². The molecule has 0 aliphatic carbocycles. The molecule has 2 fully saturated rings. The maximum atomic E-state index is 12.5. The molecule has 2 aliphatic heterocycles. The maximum Gasteiger partial charge on any atom is 0.323 e. The zero-order valence-electron chi connectivity index (χ0n) is 14.4. The van der Waals surface area contributed by atoms with Crippen LogP contribution in [0.5, 0.6) is 0 Å². The number of benzene rings is 1. The van der Waals surface area contributed by atoms with Crippen molar-refractivity contribution in [2.75, 3.05) is 27.3 Å². The van der Waals surface area contributed by atoms with Gasteiger partial charge in [0.25, 0.3) is 0 Å². The smallest absolute Gasteiger partial charge is 0.323 e. The number of hydrogen-bond acceptors (Lipinski definition) is 6. The van der Waals surface area contributed by atoms with Crippen LogP contribution in [0.3, 0.4) is 0 Å². The molecule has 0 N–H and O–H groups in total. The van der Waals surface area contributed by atoms with E-state index < -0.39 is 11.5 Å². The van der Waals surface area contributed by atoms with Crippen LogP contribution in [0.25, 0.3) is 0 Å². The Morgan fingerprint density at radius 3 is 2.50 bits per heavy atom. The van der Waals surface area contributed by atoms with Gasteiger partial charge in [0.05, 0.1) is 25.8 Å². The first-order valence-corrected chi connectivity index (χ1v) is 8.21. The van der Waals surface area contributed by atoms with Crippen LogP contribution in [-0.2, 0) is 25.6 Å². The summed E-state index contributed by atoms with van der Waals surface area (Å²) in [5.74, 6) is -0.557. The van der Waals surface area contributed by atoms with E-state index in [0.29, 0.717) is 6.42 Å². The molecule has 0 aromatic heterocycles. The summed E-state index contributed by atoms with van der Waals surface area (Å²) >= 11 is 0. The Labute approximate surface area is 142 Å². The molecule has 3 rings (SSSR count). The molecule has 24 heavy (non-hydrogen) atoms. The largest absolute Gasteiger partial charge is 0.469 e. The maximum absolute atomic E-state index is 12.5. The standard InChI is InChI=1S/C18H24N2O4/c1-18(17(22)24-3)11-14(15(21)23-2)20-10-9-19(16(18)20)12-13-7-5-4-6-8-13/h4-8,14,16H,9-12H2,1-3H3/t14-,16-,18+/m0/s1. The molecule has 0 amide bonds. The van der Waals surface area contributed by atoms with E-state index >= 15 is 0 Å². The van der Waals surface area contributed by atoms with Crippen LogP contribution >= 0.6 is 0 Å². The van der Waals surface area contributed by atoms with Gasteiger partial charge >= 0.3 is 11.9 Å². The second-order valence-electron chi connectivity index (χ2n) is 6.72. The molecule has 0 saturated carbocycles. The van der Waals surface area contributed by atoms with Crippen molar-refractivity contribution in [1.82, 2.24) is 9.80 Å². The van der Waals surface area contributed by atoms with Gasteiger partial charge in [0.2, 0.25) is 0 Å². The second kappa shape index (κ2) is 6.53. The molecule has 0 radical (unpaired) electrons. The molecule has 2 heterocycles. The Hall–Kier alpha value is -1.92. The van der Waals surface area contributed by atoms with Gasteiger partial charge in [-0.2, -0.15) is 0 Å². The van der Waals surface area contributed by atoms with Gasteiger partial charge < -0.3 is 9.47 Å². The van der Waals surface area contributed by atoms with Crippen molar-refractivity contribution in [3.63, 3.8) is 0 Å². The first-order valence-electron chi connectivity index (χ1n) is 8.21. The molecule has 1 aromatic carbocycles. The number of nitrogens with zero attached hydrogens (tertiary/aromatic N) is 2. The molecule has 6 nitrogen and oxygen atoms in total. The number of rotatable bonds is 4. The predicted octanol–water partition coefficient (Wildman–Crippen LogP) is 1.25. The quantitative estimate of drug-likeness (QED) is 0.774. The highest BCUT2D eigenvalue weighted by molar-refractivity contribution is 5.82. The fourth-order valence-corrected chi connectivity index (χ4v) is 4.18. The third-order valence-corrected chi connectivity index (χ3v) is 5.25. The minimum Gasteiger partial charge on any atom is -0.469 e. The van der Waals surface area contributed by atoms with Gasteiger partial charge in [-0.15, -0.1) is 0 Å². The van der Waals surface area contributed by atoms with Crippen LogP contribution in [0.4, 0.5) is 0 Å². The number of fused-ring (bicyclic) bond motifs is 1. The van der Waals surface area contributed by atoms with Gasteiger partial charge in [-0.1, -0.05) is 30.3 Å². The van der Waals surface area contributed by atoms with E-state index in [1.165, 1.54) is 19.8 Å². The number of carbonyl (C=O) groups is 2. The number of methoxy groups -OCH3 is 2. The average molecular weight is 332 g/mol. The van der Waals surface area contributed by atoms with Crippen LogP contribution < -0.4 is 0 Å². The molecule has 3 atom stereocenters. The predicted molar refractivity (Wildman–Crippen MR) is 87.9 cm³/mol. The highest BCUT2D eigenvalue weighted by Crippen LogP contribution is 2.46. The van der Waals surface area contributed by atoms with E-state index in [2.05, 4.69) is 21.9 Å². The fourth-order valence-electron chi connectivity index (χ4n) is 4.18. The summed E-state index contributed by atoms with van der Waals surface area (Å²) in [5.41, 5.74) is 0.437. The number of hydrogen-bond donors (Lipinski definition) is 0. The van der Waals surface area contributed by atoms with Crippen LogP contribution in [-0.4, -0.2) is 61.3 Å². The van der Waals surface area contributed by atoms with Gasteiger partial charge in [0.1, 0.15) is 6.04 Å². The molecule has 0 bridgehead atoms. The molecule has 0 spiro atoms. The molecule has 2 saturated heterocycles. The normalized spacial score (nSPS) is 30.1. The van der Waals surface area contributed by atoms with Crippen molar-refractivity contribution in [3.8, 4) is 0 Å². The molecule has 2 aliphatic rings.